The molecule has 1 aromatic rings. The zero-order chi connectivity index (χ0) is 17.3. The molecule has 0 saturated carbocycles. The van der Waals surface area contributed by atoms with E-state index in [0.29, 0.717) is 0 Å². The van der Waals surface area contributed by atoms with E-state index in [1.807, 2.05) is 6.92 Å². The van der Waals surface area contributed by atoms with Crippen molar-refractivity contribution >= 4 is 0 Å². The van der Waals surface area contributed by atoms with Gasteiger partial charge in [-0.3, -0.25) is 0 Å². The number of benzene rings is 1. The first-order valence-corrected chi connectivity index (χ1v) is 8.33. The third-order valence-electron chi connectivity index (χ3n) is 3.83. The van der Waals surface area contributed by atoms with Crippen LogP contribution in [0, 0.1) is 5.92 Å². The Hall–Kier alpha value is -1.51. The Bertz CT molecular complexity index is 505. The summed E-state index contributed by atoms with van der Waals surface area (Å²) >= 11 is 0. The van der Waals surface area contributed by atoms with Crippen LogP contribution in [0.15, 0.2) is 48.1 Å². The average Bonchev–Trinajstić information content (AvgIpc) is 2.54. The molecule has 0 aromatic heterocycles. The van der Waals surface area contributed by atoms with Gasteiger partial charge in [0.05, 0.1) is 5.56 Å². The van der Waals surface area contributed by atoms with E-state index in [2.05, 4.69) is 32.1 Å². The standard InChI is InChI=1S/C11H18.C9H9F3/c1-10(2)8-9-11-6-4-3-5-7-11;1-2-7-3-5-8(6-4-7)9(10,11)12/h3-4,6,10H,5,7-9H2,1-2H3;3-6H,2H2,1H3. The summed E-state index contributed by atoms with van der Waals surface area (Å²) < 4.78 is 36.1. The molecule has 3 heteroatoms. The predicted octanol–water partition coefficient (Wildman–Crippen LogP) is 6.97. The Balaban J connectivity index is 0.000000231. The van der Waals surface area contributed by atoms with Crippen molar-refractivity contribution in [2.45, 2.75) is 59.1 Å². The first-order valence-electron chi connectivity index (χ1n) is 8.33. The van der Waals surface area contributed by atoms with Gasteiger partial charge in [-0.2, -0.15) is 13.2 Å². The van der Waals surface area contributed by atoms with Crippen LogP contribution in [0.1, 0.15) is 57.6 Å². The summed E-state index contributed by atoms with van der Waals surface area (Å²) in [6.45, 7) is 6.49. The summed E-state index contributed by atoms with van der Waals surface area (Å²) in [5, 5.41) is 0. The van der Waals surface area contributed by atoms with Gasteiger partial charge in [0, 0.05) is 0 Å². The topological polar surface area (TPSA) is 0 Å². The molecule has 0 aliphatic heterocycles. The zero-order valence-corrected chi connectivity index (χ0v) is 14.3. The lowest BCUT2D eigenvalue weighted by atomic mass is 9.97. The van der Waals surface area contributed by atoms with Crippen molar-refractivity contribution in [1.29, 1.82) is 0 Å². The molecule has 0 radical (unpaired) electrons. The molecular weight excluding hydrogens is 297 g/mol. The molecule has 128 valence electrons. The van der Waals surface area contributed by atoms with Crippen LogP contribution in [0.5, 0.6) is 0 Å². The fourth-order valence-corrected chi connectivity index (χ4v) is 2.26. The van der Waals surface area contributed by atoms with Crippen LogP contribution in [0.3, 0.4) is 0 Å². The van der Waals surface area contributed by atoms with Crippen molar-refractivity contribution < 1.29 is 13.2 Å². The molecule has 1 aliphatic rings. The van der Waals surface area contributed by atoms with E-state index >= 15 is 0 Å². The van der Waals surface area contributed by atoms with E-state index < -0.39 is 11.7 Å². The van der Waals surface area contributed by atoms with Crippen molar-refractivity contribution in [2.75, 3.05) is 0 Å². The van der Waals surface area contributed by atoms with Crippen molar-refractivity contribution in [3.05, 3.63) is 59.2 Å². The monoisotopic (exact) mass is 324 g/mol. The van der Waals surface area contributed by atoms with Gasteiger partial charge < -0.3 is 0 Å². The highest BCUT2D eigenvalue weighted by atomic mass is 19.4. The van der Waals surface area contributed by atoms with Crippen LogP contribution in [0.4, 0.5) is 13.2 Å². The number of halogens is 3. The fourth-order valence-electron chi connectivity index (χ4n) is 2.26. The smallest absolute Gasteiger partial charge is 0.166 e. The third kappa shape index (κ3) is 8.06. The highest BCUT2D eigenvalue weighted by Gasteiger charge is 2.29. The number of hydrogen-bond donors (Lipinski definition) is 0. The second-order valence-electron chi connectivity index (χ2n) is 6.27. The summed E-state index contributed by atoms with van der Waals surface area (Å²) in [6.07, 6.45) is 8.48. The molecule has 23 heavy (non-hydrogen) atoms. The molecule has 0 spiro atoms. The Labute approximate surface area is 138 Å². The predicted molar refractivity (Wildman–Crippen MR) is 91.4 cm³/mol. The summed E-state index contributed by atoms with van der Waals surface area (Å²) in [7, 11) is 0. The highest BCUT2D eigenvalue weighted by Crippen LogP contribution is 2.29. The molecule has 0 nitrogen and oxygen atoms in total. The van der Waals surface area contributed by atoms with Crippen molar-refractivity contribution in [2.24, 2.45) is 5.92 Å². The van der Waals surface area contributed by atoms with Crippen molar-refractivity contribution in [3.8, 4) is 0 Å². The van der Waals surface area contributed by atoms with E-state index in [4.69, 9.17) is 0 Å². The third-order valence-corrected chi connectivity index (χ3v) is 3.83. The lowest BCUT2D eigenvalue weighted by Gasteiger charge is -2.09. The number of allylic oxidation sites excluding steroid dienone is 4. The fraction of sp³-hybridized carbons (Fsp3) is 0.500. The molecule has 2 rings (SSSR count). The minimum Gasteiger partial charge on any atom is -0.166 e. The molecule has 0 saturated heterocycles. The molecule has 1 aliphatic carbocycles. The molecular formula is C20H27F3. The van der Waals surface area contributed by atoms with E-state index in [1.54, 1.807) is 5.57 Å². The Morgan fingerprint density at radius 2 is 1.74 bits per heavy atom. The van der Waals surface area contributed by atoms with Crippen LogP contribution < -0.4 is 0 Å². The quantitative estimate of drug-likeness (QED) is 0.561. The number of alkyl halides is 3. The normalized spacial score (nSPS) is 14.3. The van der Waals surface area contributed by atoms with E-state index in [1.165, 1.54) is 37.8 Å². The first kappa shape index (κ1) is 19.5. The van der Waals surface area contributed by atoms with Gasteiger partial charge in [-0.1, -0.05) is 56.7 Å². The minimum absolute atomic E-state index is 0.584. The molecule has 0 fully saturated rings. The summed E-state index contributed by atoms with van der Waals surface area (Å²) in [5.74, 6) is 0.849. The lowest BCUT2D eigenvalue weighted by Crippen LogP contribution is -2.04. The average molecular weight is 324 g/mol. The van der Waals surface area contributed by atoms with Gasteiger partial charge in [0.25, 0.3) is 0 Å². The SMILES string of the molecule is CC(C)CCC1=CC=CCC1.CCc1ccc(C(F)(F)F)cc1. The molecule has 0 atom stereocenters. The van der Waals surface area contributed by atoms with Gasteiger partial charge in [0.15, 0.2) is 0 Å². The Morgan fingerprint density at radius 3 is 2.17 bits per heavy atom. The van der Waals surface area contributed by atoms with Gasteiger partial charge in [-0.25, -0.2) is 0 Å². The largest absolute Gasteiger partial charge is 0.416 e. The Kier molecular flexibility index (Phi) is 8.15. The minimum atomic E-state index is -4.22. The van der Waals surface area contributed by atoms with Gasteiger partial charge in [0.2, 0.25) is 0 Å². The lowest BCUT2D eigenvalue weighted by molar-refractivity contribution is -0.137. The van der Waals surface area contributed by atoms with Crippen molar-refractivity contribution in [1.82, 2.24) is 0 Å². The van der Waals surface area contributed by atoms with E-state index in [9.17, 15) is 13.2 Å². The summed E-state index contributed by atoms with van der Waals surface area (Å²) in [6, 6.07) is 5.23. The van der Waals surface area contributed by atoms with Crippen LogP contribution in [-0.4, -0.2) is 0 Å². The van der Waals surface area contributed by atoms with Crippen molar-refractivity contribution in [3.63, 3.8) is 0 Å². The molecule has 0 heterocycles. The maximum Gasteiger partial charge on any atom is 0.416 e. The van der Waals surface area contributed by atoms with Gasteiger partial charge in [0.1, 0.15) is 0 Å². The second-order valence-corrected chi connectivity index (χ2v) is 6.27. The molecule has 0 bridgehead atoms. The number of rotatable bonds is 4. The molecule has 0 unspecified atom stereocenters. The Morgan fingerprint density at radius 1 is 1.09 bits per heavy atom. The van der Waals surface area contributed by atoms with Gasteiger partial charge >= 0.3 is 6.18 Å². The van der Waals surface area contributed by atoms with Gasteiger partial charge in [-0.05, 0) is 55.7 Å². The number of aryl methyl sites for hydroxylation is 1. The summed E-state index contributed by atoms with van der Waals surface area (Å²) in [4.78, 5) is 0. The number of hydrogen-bond acceptors (Lipinski definition) is 0. The summed E-state index contributed by atoms with van der Waals surface area (Å²) in [5.41, 5.74) is 1.98. The molecule has 1 aromatic carbocycles. The zero-order valence-electron chi connectivity index (χ0n) is 14.3. The van der Waals surface area contributed by atoms with Crippen LogP contribution in [-0.2, 0) is 12.6 Å². The highest BCUT2D eigenvalue weighted by molar-refractivity contribution is 5.24. The van der Waals surface area contributed by atoms with Crippen LogP contribution in [0.2, 0.25) is 0 Å². The van der Waals surface area contributed by atoms with E-state index in [-0.39, 0.29) is 0 Å². The van der Waals surface area contributed by atoms with Gasteiger partial charge in [-0.15, -0.1) is 0 Å². The maximum atomic E-state index is 12.0. The maximum absolute atomic E-state index is 12.0. The van der Waals surface area contributed by atoms with Crippen LogP contribution in [0.25, 0.3) is 0 Å². The first-order chi connectivity index (χ1) is 10.8. The van der Waals surface area contributed by atoms with E-state index in [0.717, 1.165) is 30.0 Å². The molecule has 0 N–H and O–H groups in total. The molecule has 0 amide bonds. The second kappa shape index (κ2) is 9.59. The van der Waals surface area contributed by atoms with Crippen LogP contribution >= 0.6 is 0 Å².